The third kappa shape index (κ3) is 3.54. The molecule has 0 atom stereocenters. The van der Waals surface area contributed by atoms with Gasteiger partial charge in [-0.25, -0.2) is 4.98 Å². The van der Waals surface area contributed by atoms with Gasteiger partial charge in [-0.05, 0) is 32.5 Å². The predicted molar refractivity (Wildman–Crippen MR) is 69.0 cm³/mol. The summed E-state index contributed by atoms with van der Waals surface area (Å²) < 4.78 is 0. The average molecular weight is 239 g/mol. The van der Waals surface area contributed by atoms with Gasteiger partial charge in [0, 0.05) is 30.6 Å². The topological polar surface area (TPSA) is 28.2 Å². The van der Waals surface area contributed by atoms with Crippen molar-refractivity contribution in [3.8, 4) is 0 Å². The first-order valence-electron chi connectivity index (χ1n) is 6.22. The highest BCUT2D eigenvalue weighted by Gasteiger charge is 2.17. The van der Waals surface area contributed by atoms with Gasteiger partial charge in [-0.2, -0.15) is 0 Å². The Hall–Kier alpha value is -0.450. The summed E-state index contributed by atoms with van der Waals surface area (Å²) in [6.07, 6.45) is 5.61. The lowest BCUT2D eigenvalue weighted by Crippen LogP contribution is -2.43. The molecule has 0 radical (unpaired) electrons. The van der Waals surface area contributed by atoms with E-state index in [-0.39, 0.29) is 0 Å². The number of hydrogen-bond acceptors (Lipinski definition) is 4. The first-order valence-corrected chi connectivity index (χ1v) is 7.10. The van der Waals surface area contributed by atoms with E-state index in [4.69, 9.17) is 0 Å². The molecular formula is C12H21N3S. The molecule has 2 heterocycles. The van der Waals surface area contributed by atoms with E-state index < -0.39 is 0 Å². The Morgan fingerprint density at radius 2 is 2.31 bits per heavy atom. The van der Waals surface area contributed by atoms with Crippen molar-refractivity contribution in [1.82, 2.24) is 15.2 Å². The third-order valence-electron chi connectivity index (χ3n) is 3.21. The number of piperidine rings is 1. The molecule has 1 saturated heterocycles. The Balaban J connectivity index is 1.65. The highest BCUT2D eigenvalue weighted by atomic mass is 32.1. The molecule has 1 aliphatic rings. The van der Waals surface area contributed by atoms with Crippen molar-refractivity contribution in [2.75, 3.05) is 26.2 Å². The molecule has 0 aromatic carbocycles. The van der Waals surface area contributed by atoms with Gasteiger partial charge < -0.3 is 10.2 Å². The Bertz CT molecular complexity index is 278. The second kappa shape index (κ2) is 6.33. The minimum atomic E-state index is 0.751. The van der Waals surface area contributed by atoms with Gasteiger partial charge in [0.15, 0.2) is 0 Å². The summed E-state index contributed by atoms with van der Waals surface area (Å²) in [5.41, 5.74) is 0. The summed E-state index contributed by atoms with van der Waals surface area (Å²) in [6.45, 7) is 6.94. The lowest BCUT2D eigenvalue weighted by molar-refractivity contribution is 0.201. The molecule has 0 bridgehead atoms. The molecule has 1 N–H and O–H groups in total. The summed E-state index contributed by atoms with van der Waals surface area (Å²) in [4.78, 5) is 6.89. The molecule has 16 heavy (non-hydrogen) atoms. The summed E-state index contributed by atoms with van der Waals surface area (Å²) in [6, 6.07) is 0.751. The van der Waals surface area contributed by atoms with Crippen molar-refractivity contribution >= 4 is 11.3 Å². The minimum Gasteiger partial charge on any atom is -0.314 e. The van der Waals surface area contributed by atoms with Crippen molar-refractivity contribution < 1.29 is 0 Å². The molecule has 0 amide bonds. The number of nitrogens with zero attached hydrogens (tertiary/aromatic N) is 2. The summed E-state index contributed by atoms with van der Waals surface area (Å²) >= 11 is 1.77. The van der Waals surface area contributed by atoms with E-state index in [1.165, 1.54) is 37.5 Å². The van der Waals surface area contributed by atoms with Crippen LogP contribution in [0.2, 0.25) is 0 Å². The zero-order valence-corrected chi connectivity index (χ0v) is 10.8. The summed E-state index contributed by atoms with van der Waals surface area (Å²) in [5.74, 6) is 0. The van der Waals surface area contributed by atoms with Crippen LogP contribution >= 0.6 is 11.3 Å². The van der Waals surface area contributed by atoms with Crippen LogP contribution in [-0.4, -0.2) is 42.1 Å². The molecule has 3 nitrogen and oxygen atoms in total. The molecule has 1 fully saturated rings. The zero-order chi connectivity index (χ0) is 11.2. The molecule has 0 saturated carbocycles. The number of rotatable bonds is 5. The van der Waals surface area contributed by atoms with Gasteiger partial charge in [-0.15, -0.1) is 11.3 Å². The largest absolute Gasteiger partial charge is 0.314 e. The van der Waals surface area contributed by atoms with E-state index in [9.17, 15) is 0 Å². The molecule has 1 aromatic rings. The maximum absolute atomic E-state index is 4.32. The molecule has 2 rings (SSSR count). The lowest BCUT2D eigenvalue weighted by atomic mass is 10.1. The van der Waals surface area contributed by atoms with Crippen molar-refractivity contribution in [2.24, 2.45) is 0 Å². The molecule has 1 aliphatic heterocycles. The van der Waals surface area contributed by atoms with E-state index in [1.807, 2.05) is 6.20 Å². The van der Waals surface area contributed by atoms with Crippen LogP contribution in [0.1, 0.15) is 24.8 Å². The fourth-order valence-corrected chi connectivity index (χ4v) is 2.89. The fourth-order valence-electron chi connectivity index (χ4n) is 2.28. The van der Waals surface area contributed by atoms with E-state index in [0.717, 1.165) is 19.0 Å². The number of aromatic nitrogens is 1. The minimum absolute atomic E-state index is 0.751. The molecule has 1 aromatic heterocycles. The number of nitrogens with one attached hydrogen (secondary N) is 1. The molecule has 0 unspecified atom stereocenters. The number of likely N-dealkylation sites (tertiary alicyclic amines) is 1. The Morgan fingerprint density at radius 3 is 2.94 bits per heavy atom. The smallest absolute Gasteiger partial charge is 0.0937 e. The van der Waals surface area contributed by atoms with Crippen molar-refractivity contribution in [1.29, 1.82) is 0 Å². The molecule has 90 valence electrons. The Morgan fingerprint density at radius 1 is 1.50 bits per heavy atom. The second-order valence-corrected chi connectivity index (χ2v) is 5.33. The Kier molecular flexibility index (Phi) is 4.75. The van der Waals surface area contributed by atoms with Crippen LogP contribution in [0.3, 0.4) is 0 Å². The van der Waals surface area contributed by atoms with Gasteiger partial charge >= 0.3 is 0 Å². The van der Waals surface area contributed by atoms with Gasteiger partial charge in [0.05, 0.1) is 5.01 Å². The third-order valence-corrected chi connectivity index (χ3v) is 4.05. The monoisotopic (exact) mass is 239 g/mol. The molecule has 0 aliphatic carbocycles. The SMILES string of the molecule is CCNC1CCN(CCc2nccs2)CC1. The van der Waals surface area contributed by atoms with E-state index in [1.54, 1.807) is 11.3 Å². The first-order chi connectivity index (χ1) is 7.88. The van der Waals surface area contributed by atoms with Crippen molar-refractivity contribution in [2.45, 2.75) is 32.2 Å². The van der Waals surface area contributed by atoms with Crippen LogP contribution in [0.4, 0.5) is 0 Å². The summed E-state index contributed by atoms with van der Waals surface area (Å²) in [5, 5.41) is 6.87. The van der Waals surface area contributed by atoms with Gasteiger partial charge in [0.1, 0.15) is 0 Å². The number of hydrogen-bond donors (Lipinski definition) is 1. The van der Waals surface area contributed by atoms with Crippen molar-refractivity contribution in [3.63, 3.8) is 0 Å². The molecule has 4 heteroatoms. The van der Waals surface area contributed by atoms with Crippen molar-refractivity contribution in [3.05, 3.63) is 16.6 Å². The quantitative estimate of drug-likeness (QED) is 0.848. The standard InChI is InChI=1S/C12H21N3S/c1-2-13-11-3-7-15(8-4-11)9-5-12-14-6-10-16-12/h6,10-11,13H,2-5,7-9H2,1H3. The van der Waals surface area contributed by atoms with Gasteiger partial charge in [-0.3, -0.25) is 0 Å². The van der Waals surface area contributed by atoms with Crippen LogP contribution in [-0.2, 0) is 6.42 Å². The second-order valence-electron chi connectivity index (χ2n) is 4.35. The van der Waals surface area contributed by atoms with Crippen LogP contribution in [0.5, 0.6) is 0 Å². The highest BCUT2D eigenvalue weighted by Crippen LogP contribution is 2.12. The van der Waals surface area contributed by atoms with Crippen LogP contribution < -0.4 is 5.32 Å². The number of thiazole rings is 1. The van der Waals surface area contributed by atoms with E-state index in [0.29, 0.717) is 0 Å². The van der Waals surface area contributed by atoms with Crippen LogP contribution in [0, 0.1) is 0 Å². The van der Waals surface area contributed by atoms with Gasteiger partial charge in [0.2, 0.25) is 0 Å². The maximum atomic E-state index is 4.32. The van der Waals surface area contributed by atoms with E-state index >= 15 is 0 Å². The maximum Gasteiger partial charge on any atom is 0.0937 e. The molecular weight excluding hydrogens is 218 g/mol. The highest BCUT2D eigenvalue weighted by molar-refractivity contribution is 7.09. The zero-order valence-electron chi connectivity index (χ0n) is 9.98. The predicted octanol–water partition coefficient (Wildman–Crippen LogP) is 1.76. The normalized spacial score (nSPS) is 19.1. The van der Waals surface area contributed by atoms with Gasteiger partial charge in [0.25, 0.3) is 0 Å². The fraction of sp³-hybridized carbons (Fsp3) is 0.750. The molecule has 0 spiro atoms. The Labute approximate surface area is 102 Å². The lowest BCUT2D eigenvalue weighted by Gasteiger charge is -2.32. The van der Waals surface area contributed by atoms with E-state index in [2.05, 4.69) is 27.5 Å². The average Bonchev–Trinajstić information content (AvgIpc) is 2.82. The van der Waals surface area contributed by atoms with Crippen LogP contribution in [0.15, 0.2) is 11.6 Å². The van der Waals surface area contributed by atoms with Crippen LogP contribution in [0.25, 0.3) is 0 Å². The first kappa shape index (κ1) is 12.0. The van der Waals surface area contributed by atoms with Gasteiger partial charge in [-0.1, -0.05) is 6.92 Å². The summed E-state index contributed by atoms with van der Waals surface area (Å²) in [7, 11) is 0.